The average Bonchev–Trinajstić information content (AvgIpc) is 4.15. The molecule has 0 saturated carbocycles. The Hall–Kier alpha value is -4.42. The van der Waals surface area contributed by atoms with Gasteiger partial charge in [-0.2, -0.15) is 0 Å². The zero-order chi connectivity index (χ0) is 53.7. The Morgan fingerprint density at radius 1 is 0.658 bits per heavy atom. The Labute approximate surface area is 523 Å². The first kappa shape index (κ1) is 70.7. The number of hydrogen-bond acceptors (Lipinski definition) is 26. The topological polar surface area (TPSA) is 489 Å². The maximum atomic E-state index is 13.0. The van der Waals surface area contributed by atoms with E-state index in [1.165, 1.54) is 105 Å². The number of nitrogens with one attached hydrogen (secondary N) is 2. The number of nitrogen functional groups attached to an aromatic ring is 2. The van der Waals surface area contributed by atoms with Crippen molar-refractivity contribution in [2.45, 2.75) is 58.2 Å². The molecular weight excluding hydrogens is 1220 g/mol. The number of nitrogens with zero attached hydrogens (tertiary/aromatic N) is 8. The number of rotatable bonds is 20. The Morgan fingerprint density at radius 3 is 1.30 bits per heavy atom. The van der Waals surface area contributed by atoms with Crippen LogP contribution in [0, 0.1) is 13.8 Å². The molecule has 0 radical (unpaired) electrons. The SMILES string of the molecule is CO/N=C(\C(=O)N[C@@H]1C(=O)N2C(C(=O)O)=C(CSc3nc(C)c(CC(=O)O)s3)CS[C@H]12)c1csc(N)n1.CO/N=C(\C(=O)N[C@@H]1C(=O)N2C(C(=O)O)=C(CSc3nc(C)c(CC(=O)O)s3)CS[C@H]12)c1csc(N)n1.O.O.O.[Na+].[Na+]. The summed E-state index contributed by atoms with van der Waals surface area (Å²) < 4.78 is 1.23. The fraction of sp³-hybridized carbons (Fsp3) is 0.350. The van der Waals surface area contributed by atoms with Crippen molar-refractivity contribution in [3.05, 3.63) is 65.8 Å². The van der Waals surface area contributed by atoms with Gasteiger partial charge in [-0.3, -0.25) is 38.6 Å². The Kier molecular flexibility index (Phi) is 27.9. The number of nitrogens with two attached hydrogens (primary N) is 2. The zero-order valence-corrected chi connectivity index (χ0v) is 52.6. The van der Waals surface area contributed by atoms with Gasteiger partial charge in [0.25, 0.3) is 23.6 Å². The number of fused-ring (bicyclic) bond motifs is 2. The van der Waals surface area contributed by atoms with Gasteiger partial charge in [0.2, 0.25) is 0 Å². The first-order valence-corrected chi connectivity index (χ1v) is 28.4. The third kappa shape index (κ3) is 16.4. The summed E-state index contributed by atoms with van der Waals surface area (Å²) in [5, 5.41) is 52.7. The van der Waals surface area contributed by atoms with Crippen molar-refractivity contribution < 1.29 is 144 Å². The molecule has 4 aromatic rings. The first-order chi connectivity index (χ1) is 35.2. The van der Waals surface area contributed by atoms with Crippen LogP contribution in [0.3, 0.4) is 0 Å². The molecule has 0 unspecified atom stereocenters. The summed E-state index contributed by atoms with van der Waals surface area (Å²) in [5.74, 6) is -5.77. The molecule has 8 rings (SSSR count). The van der Waals surface area contributed by atoms with Crippen LogP contribution in [-0.2, 0) is 60.9 Å². The summed E-state index contributed by atoms with van der Waals surface area (Å²) in [6, 6.07) is -1.92. The first-order valence-electron chi connectivity index (χ1n) is 20.9. The van der Waals surface area contributed by atoms with Crippen LogP contribution in [-0.4, -0.2) is 186 Å². The fourth-order valence-electron chi connectivity index (χ4n) is 7.22. The Morgan fingerprint density at radius 2 is 1.01 bits per heavy atom. The van der Waals surface area contributed by atoms with Crippen LogP contribution >= 0.6 is 92.4 Å². The molecule has 4 aliphatic heterocycles. The zero-order valence-electron chi connectivity index (χ0n) is 42.1. The van der Waals surface area contributed by atoms with Gasteiger partial charge in [0, 0.05) is 43.5 Å². The number of carboxylic acid groups (broad SMARTS) is 4. The van der Waals surface area contributed by atoms with Crippen LogP contribution in [0.2, 0.25) is 0 Å². The molecule has 39 heteroatoms. The fourth-order valence-corrected chi connectivity index (χ4v) is 15.7. The standard InChI is InChI=1S/2C20H20N6O7S4.2Na.3H2O/c2*1-7-10(3-11(27)28)37-20(22-7)36-5-8-4-34-17-13(16(30)26(17)14(8)18(31)32)24-15(29)12(25-33-2)9-6-35-19(21)23-9;;;;;/h2*6,13,17H,3-5H2,1-2H3,(H2,21,23)(H,24,29)(H,27,28)(H,31,32);;;3*1H2/q;;2*+1;;;/b2*25-12-;;;;;/t2*13-,17-;;;;;/m11...../s1. The van der Waals surface area contributed by atoms with E-state index in [4.69, 9.17) is 31.4 Å². The number of carbonyl (C=O) groups excluding carboxylic acids is 4. The van der Waals surface area contributed by atoms with E-state index in [0.717, 1.165) is 22.7 Å². The van der Waals surface area contributed by atoms with E-state index < -0.39 is 70.3 Å². The molecule has 2 fully saturated rings. The van der Waals surface area contributed by atoms with Gasteiger partial charge in [-0.05, 0) is 25.0 Å². The van der Waals surface area contributed by atoms with Crippen molar-refractivity contribution in [2.24, 2.45) is 10.3 Å². The summed E-state index contributed by atoms with van der Waals surface area (Å²) >= 11 is 9.95. The molecule has 0 aromatic carbocycles. The van der Waals surface area contributed by atoms with Gasteiger partial charge in [0.15, 0.2) is 30.4 Å². The van der Waals surface area contributed by atoms with E-state index in [1.807, 2.05) is 0 Å². The summed E-state index contributed by atoms with van der Waals surface area (Å²) in [7, 11) is 2.53. The number of β-lactam (4-membered cyclic amide) rings is 2. The Bertz CT molecular complexity index is 2890. The molecule has 4 amide bonds. The molecule has 416 valence electrons. The van der Waals surface area contributed by atoms with Crippen molar-refractivity contribution in [1.82, 2.24) is 40.4 Å². The summed E-state index contributed by atoms with van der Waals surface area (Å²) in [5.41, 5.74) is 13.4. The molecule has 29 nitrogen and oxygen atoms in total. The van der Waals surface area contributed by atoms with E-state index in [2.05, 4.69) is 40.9 Å². The van der Waals surface area contributed by atoms with E-state index in [1.54, 1.807) is 13.8 Å². The normalized spacial score (nSPS) is 18.1. The number of carboxylic acids is 4. The van der Waals surface area contributed by atoms with Gasteiger partial charge < -0.3 is 68.6 Å². The Balaban J connectivity index is 0.000000508. The summed E-state index contributed by atoms with van der Waals surface area (Å²) in [4.78, 5) is 128. The van der Waals surface area contributed by atoms with Gasteiger partial charge in [-0.1, -0.05) is 33.8 Å². The predicted octanol–water partition coefficient (Wildman–Crippen LogP) is -6.47. The molecule has 4 atom stereocenters. The third-order valence-corrected chi connectivity index (χ3v) is 19.3. The van der Waals surface area contributed by atoms with E-state index in [0.29, 0.717) is 52.5 Å². The van der Waals surface area contributed by atoms with E-state index >= 15 is 0 Å². The molecule has 8 heterocycles. The predicted molar refractivity (Wildman–Crippen MR) is 288 cm³/mol. The number of aliphatic carboxylic acids is 4. The molecular formula is C40H46N12Na2O17S8+2. The second-order valence-electron chi connectivity index (χ2n) is 15.3. The molecule has 79 heavy (non-hydrogen) atoms. The second kappa shape index (κ2) is 31.1. The minimum absolute atomic E-state index is 0. The minimum atomic E-state index is -1.25. The maximum Gasteiger partial charge on any atom is 1.00 e. The molecule has 4 aliphatic rings. The maximum absolute atomic E-state index is 13.0. The van der Waals surface area contributed by atoms with Gasteiger partial charge in [-0.25, -0.2) is 29.5 Å². The third-order valence-electron chi connectivity index (χ3n) is 10.5. The molecule has 0 bridgehead atoms. The van der Waals surface area contributed by atoms with Crippen molar-refractivity contribution in [2.75, 3.05) is 48.7 Å². The van der Waals surface area contributed by atoms with Crippen LogP contribution < -0.4 is 81.2 Å². The molecule has 0 aliphatic carbocycles. The quantitative estimate of drug-likeness (QED) is 0.0134. The monoisotopic (exact) mass is 1270 g/mol. The second-order valence-corrected chi connectivity index (χ2v) is 23.9. The number of thiazole rings is 4. The van der Waals surface area contributed by atoms with Crippen LogP contribution in [0.15, 0.2) is 52.3 Å². The van der Waals surface area contributed by atoms with Crippen molar-refractivity contribution in [1.29, 1.82) is 0 Å². The van der Waals surface area contributed by atoms with Crippen LogP contribution in [0.25, 0.3) is 0 Å². The number of amides is 4. The smallest absolute Gasteiger partial charge is 0.481 e. The number of carbonyl (C=O) groups is 8. The van der Waals surface area contributed by atoms with Crippen LogP contribution in [0.4, 0.5) is 10.3 Å². The average molecular weight is 1270 g/mol. The van der Waals surface area contributed by atoms with E-state index in [9.17, 15) is 48.6 Å². The number of aromatic nitrogens is 4. The molecule has 16 N–H and O–H groups in total. The van der Waals surface area contributed by atoms with Crippen LogP contribution in [0.5, 0.6) is 0 Å². The van der Waals surface area contributed by atoms with Gasteiger partial charge in [-0.15, -0.1) is 68.9 Å². The van der Waals surface area contributed by atoms with Crippen molar-refractivity contribution in [3.8, 4) is 0 Å². The molecule has 4 aromatic heterocycles. The summed E-state index contributed by atoms with van der Waals surface area (Å²) in [6.45, 7) is 3.45. The van der Waals surface area contributed by atoms with E-state index in [-0.39, 0.29) is 144 Å². The number of thioether (sulfide) groups is 4. The minimum Gasteiger partial charge on any atom is -0.481 e. The van der Waals surface area contributed by atoms with Gasteiger partial charge >= 0.3 is 83.0 Å². The van der Waals surface area contributed by atoms with Gasteiger partial charge in [0.05, 0.1) is 24.2 Å². The largest absolute Gasteiger partial charge is 1.00 e. The van der Waals surface area contributed by atoms with Crippen molar-refractivity contribution in [3.63, 3.8) is 0 Å². The van der Waals surface area contributed by atoms with Crippen LogP contribution in [0.1, 0.15) is 32.5 Å². The summed E-state index contributed by atoms with van der Waals surface area (Å²) in [6.07, 6.45) is -0.264. The van der Waals surface area contributed by atoms with Crippen molar-refractivity contribution >= 4 is 162 Å². The number of aryl methyl sites for hydroxylation is 2. The number of oxime groups is 2. The van der Waals surface area contributed by atoms with Gasteiger partial charge in [0.1, 0.15) is 59.8 Å². The number of hydrogen-bond donors (Lipinski definition) is 8. The molecule has 0 spiro atoms. The molecule has 2 saturated heterocycles. The number of anilines is 2.